The van der Waals surface area contributed by atoms with Gasteiger partial charge >= 0.3 is 0 Å². The summed E-state index contributed by atoms with van der Waals surface area (Å²) in [6.07, 6.45) is -0.0337. The summed E-state index contributed by atoms with van der Waals surface area (Å²) < 4.78 is 9.55. The molecule has 0 spiro atoms. The van der Waals surface area contributed by atoms with Crippen LogP contribution in [0.25, 0.3) is 83.1 Å². The summed E-state index contributed by atoms with van der Waals surface area (Å²) in [5, 5.41) is 8.72. The first-order valence-electron chi connectivity index (χ1n) is 21.6. The fourth-order valence-corrected chi connectivity index (χ4v) is 10.3. The van der Waals surface area contributed by atoms with E-state index in [2.05, 4.69) is 254 Å². The third-order valence-corrected chi connectivity index (χ3v) is 13.1. The lowest BCUT2D eigenvalue weighted by Crippen LogP contribution is -2.30. The normalized spacial score (nSPS) is 13.7. The van der Waals surface area contributed by atoms with Crippen LogP contribution in [0.3, 0.4) is 0 Å². The van der Waals surface area contributed by atoms with Crippen molar-refractivity contribution in [2.24, 2.45) is 7.05 Å². The zero-order valence-electron chi connectivity index (χ0n) is 34.6. The molecule has 13 rings (SSSR count). The summed E-state index contributed by atoms with van der Waals surface area (Å²) in [4.78, 5) is 2.40. The fraction of sp³-hybridized carbons (Fsp3) is 0.0351. The van der Waals surface area contributed by atoms with Crippen molar-refractivity contribution < 1.29 is 4.57 Å². The van der Waals surface area contributed by atoms with Gasteiger partial charge in [-0.15, -0.1) is 0 Å². The summed E-state index contributed by atoms with van der Waals surface area (Å²) >= 11 is 0. The van der Waals surface area contributed by atoms with E-state index in [0.717, 1.165) is 39.8 Å². The molecule has 0 saturated heterocycles. The molecule has 63 heavy (non-hydrogen) atoms. The number of anilines is 3. The first-order valence-corrected chi connectivity index (χ1v) is 21.6. The maximum absolute atomic E-state index is 3.81. The highest BCUT2D eigenvalue weighted by molar-refractivity contribution is 6.19. The summed E-state index contributed by atoms with van der Waals surface area (Å²) in [7, 11) is 2.17. The Kier molecular flexibility index (Phi) is 7.78. The van der Waals surface area contributed by atoms with Gasteiger partial charge in [-0.2, -0.15) is 4.57 Å². The number of nitrogens with zero attached hydrogens (tertiary/aromatic N) is 5. The molecule has 9 aromatic carbocycles. The molecule has 0 saturated carbocycles. The van der Waals surface area contributed by atoms with E-state index >= 15 is 0 Å². The number of aryl methyl sites for hydroxylation is 1. The van der Waals surface area contributed by atoms with Crippen LogP contribution in [0.4, 0.5) is 17.1 Å². The summed E-state index contributed by atoms with van der Waals surface area (Å²) in [6, 6.07) is 79.2. The molecular formula is C57H41N6+. The standard InChI is InChI=1S/C57H41N6/c1-59-52-26-14-15-27-53(52)63(41-18-6-3-7-19-41)57(59)39-30-34-43(35-31-39)61-50-24-12-9-21-45(50)47-36-54-46(37-55(47)61)44-20-8-11-23-49(44)60(54)42-32-28-38(29-33-42)56-58-48-22-10-13-25-51(48)62(56)40-16-4-2-5-17-40/h2-37,56,58H,1H3/q+1. The number of imidazole rings is 1. The second kappa shape index (κ2) is 13.8. The Morgan fingerprint density at radius 3 is 1.52 bits per heavy atom. The minimum Gasteiger partial charge on any atom is -0.359 e. The lowest BCUT2D eigenvalue weighted by molar-refractivity contribution is -0.633. The lowest BCUT2D eigenvalue weighted by Gasteiger charge is -2.27. The second-order valence-electron chi connectivity index (χ2n) is 16.5. The van der Waals surface area contributed by atoms with Crippen LogP contribution in [-0.4, -0.2) is 13.7 Å². The van der Waals surface area contributed by atoms with Crippen LogP contribution in [0.1, 0.15) is 11.7 Å². The van der Waals surface area contributed by atoms with Crippen LogP contribution in [0.15, 0.2) is 218 Å². The molecule has 4 heterocycles. The number of fused-ring (bicyclic) bond motifs is 8. The molecule has 0 aliphatic carbocycles. The number of hydrogen-bond donors (Lipinski definition) is 1. The van der Waals surface area contributed by atoms with Gasteiger partial charge in [-0.1, -0.05) is 109 Å². The Morgan fingerprint density at radius 2 is 0.889 bits per heavy atom. The fourth-order valence-electron chi connectivity index (χ4n) is 10.3. The van der Waals surface area contributed by atoms with Crippen molar-refractivity contribution in [2.45, 2.75) is 6.17 Å². The van der Waals surface area contributed by atoms with Gasteiger partial charge in [0.2, 0.25) is 0 Å². The quantitative estimate of drug-likeness (QED) is 0.170. The molecule has 0 fully saturated rings. The van der Waals surface area contributed by atoms with Crippen molar-refractivity contribution in [1.29, 1.82) is 0 Å². The Morgan fingerprint density at radius 1 is 0.397 bits per heavy atom. The first kappa shape index (κ1) is 35.4. The predicted molar refractivity (Wildman–Crippen MR) is 260 cm³/mol. The van der Waals surface area contributed by atoms with Gasteiger partial charge in [-0.3, -0.25) is 0 Å². The molecule has 1 N–H and O–H groups in total. The van der Waals surface area contributed by atoms with Gasteiger partial charge in [-0.25, -0.2) is 4.57 Å². The van der Waals surface area contributed by atoms with E-state index in [-0.39, 0.29) is 6.17 Å². The van der Waals surface area contributed by atoms with Gasteiger partial charge in [0.25, 0.3) is 5.82 Å². The molecule has 1 aliphatic heterocycles. The molecule has 1 unspecified atom stereocenters. The van der Waals surface area contributed by atoms with Crippen molar-refractivity contribution in [3.05, 3.63) is 224 Å². The van der Waals surface area contributed by atoms with E-state index in [1.807, 2.05) is 0 Å². The molecule has 6 nitrogen and oxygen atoms in total. The highest BCUT2D eigenvalue weighted by Crippen LogP contribution is 2.46. The molecular weight excluding hydrogens is 769 g/mol. The van der Waals surface area contributed by atoms with Crippen LogP contribution in [0.5, 0.6) is 0 Å². The summed E-state index contributed by atoms with van der Waals surface area (Å²) in [5.41, 5.74) is 16.3. The molecule has 6 heteroatoms. The minimum absolute atomic E-state index is 0.0337. The summed E-state index contributed by atoms with van der Waals surface area (Å²) in [6.45, 7) is 0. The van der Waals surface area contributed by atoms with Gasteiger partial charge in [0, 0.05) is 38.6 Å². The smallest absolute Gasteiger partial charge is 0.294 e. The number of para-hydroxylation sites is 8. The van der Waals surface area contributed by atoms with Crippen molar-refractivity contribution in [1.82, 2.24) is 13.7 Å². The molecule has 0 bridgehead atoms. The second-order valence-corrected chi connectivity index (χ2v) is 16.5. The third-order valence-electron chi connectivity index (χ3n) is 13.1. The van der Waals surface area contributed by atoms with Crippen molar-refractivity contribution in [3.63, 3.8) is 0 Å². The Balaban J connectivity index is 0.942. The average Bonchev–Trinajstić information content (AvgIpc) is 4.08. The largest absolute Gasteiger partial charge is 0.359 e. The van der Waals surface area contributed by atoms with Crippen LogP contribution < -0.4 is 14.8 Å². The van der Waals surface area contributed by atoms with E-state index in [9.17, 15) is 0 Å². The minimum atomic E-state index is -0.0337. The lowest BCUT2D eigenvalue weighted by atomic mass is 10.1. The van der Waals surface area contributed by atoms with Gasteiger partial charge in [0.05, 0.1) is 46.1 Å². The first-order chi connectivity index (χ1) is 31.2. The molecule has 1 aliphatic rings. The maximum atomic E-state index is 3.81. The molecule has 1 atom stereocenters. The van der Waals surface area contributed by atoms with E-state index in [4.69, 9.17) is 0 Å². The number of nitrogens with one attached hydrogen (secondary N) is 1. The Labute approximate surface area is 364 Å². The molecule has 3 aromatic heterocycles. The van der Waals surface area contributed by atoms with Crippen molar-refractivity contribution in [3.8, 4) is 28.5 Å². The zero-order chi connectivity index (χ0) is 41.6. The highest BCUT2D eigenvalue weighted by atomic mass is 15.3. The number of benzene rings is 9. The summed E-state index contributed by atoms with van der Waals surface area (Å²) in [5.74, 6) is 1.14. The zero-order valence-corrected chi connectivity index (χ0v) is 34.6. The molecule has 298 valence electrons. The van der Waals surface area contributed by atoms with Gasteiger partial charge in [-0.05, 0) is 115 Å². The van der Waals surface area contributed by atoms with E-state index in [1.54, 1.807) is 0 Å². The van der Waals surface area contributed by atoms with Gasteiger partial charge in [0.15, 0.2) is 11.0 Å². The van der Waals surface area contributed by atoms with Crippen LogP contribution >= 0.6 is 0 Å². The molecule has 0 amide bonds. The topological polar surface area (TPSA) is 33.9 Å². The number of aromatic nitrogens is 4. The van der Waals surface area contributed by atoms with Gasteiger partial charge < -0.3 is 19.4 Å². The highest BCUT2D eigenvalue weighted by Gasteiger charge is 2.31. The molecule has 12 aromatic rings. The monoisotopic (exact) mass is 809 g/mol. The van der Waals surface area contributed by atoms with Crippen LogP contribution in [-0.2, 0) is 7.05 Å². The maximum Gasteiger partial charge on any atom is 0.294 e. The van der Waals surface area contributed by atoms with Crippen LogP contribution in [0, 0.1) is 0 Å². The van der Waals surface area contributed by atoms with Gasteiger partial charge in [0.1, 0.15) is 11.9 Å². The van der Waals surface area contributed by atoms with E-state index in [1.165, 1.54) is 65.9 Å². The Hall–Kier alpha value is -8.35. The molecule has 0 radical (unpaired) electrons. The van der Waals surface area contributed by atoms with E-state index in [0.29, 0.717) is 0 Å². The van der Waals surface area contributed by atoms with Crippen LogP contribution in [0.2, 0.25) is 0 Å². The number of hydrogen-bond acceptors (Lipinski definition) is 2. The van der Waals surface area contributed by atoms with Crippen molar-refractivity contribution >= 4 is 71.7 Å². The van der Waals surface area contributed by atoms with Crippen molar-refractivity contribution in [2.75, 3.05) is 10.2 Å². The Bertz CT molecular complexity index is 3710. The van der Waals surface area contributed by atoms with E-state index < -0.39 is 0 Å². The predicted octanol–water partition coefficient (Wildman–Crippen LogP) is 13.6. The third kappa shape index (κ3) is 5.34. The average molecular weight is 810 g/mol. The number of rotatable bonds is 6. The SMILES string of the molecule is C[n+]1c(-c2ccc(-n3c4ccccc4c4cc5c(cc43)c3ccccc3n5-c3ccc(C4Nc5ccccc5N4c4ccccc4)cc3)cc2)n(-c2ccccc2)c2ccccc21.